The standard InChI is InChI=1S/C11H10F3NO3/c12-11(13,14)6-1-2-7-8(5-6)18-4-3-10(7,15)9(16)17/h1-2,5H,3-4,15H2,(H,16,17). The summed E-state index contributed by atoms with van der Waals surface area (Å²) in [6, 6.07) is 2.64. The Labute approximate surface area is 100 Å². The first kappa shape index (κ1) is 12.7. The van der Waals surface area contributed by atoms with Gasteiger partial charge in [0.15, 0.2) is 0 Å². The van der Waals surface area contributed by atoms with Gasteiger partial charge in [-0.2, -0.15) is 13.2 Å². The van der Waals surface area contributed by atoms with Gasteiger partial charge in [-0.3, -0.25) is 0 Å². The highest BCUT2D eigenvalue weighted by Gasteiger charge is 2.42. The molecule has 0 aromatic heterocycles. The molecule has 98 valence electrons. The Bertz CT molecular complexity index is 501. The number of nitrogens with two attached hydrogens (primary N) is 1. The number of carboxylic acid groups (broad SMARTS) is 1. The van der Waals surface area contributed by atoms with Crippen LogP contribution in [0.1, 0.15) is 17.5 Å². The number of rotatable bonds is 1. The van der Waals surface area contributed by atoms with E-state index in [-0.39, 0.29) is 24.3 Å². The van der Waals surface area contributed by atoms with Crippen molar-refractivity contribution in [1.29, 1.82) is 0 Å². The lowest BCUT2D eigenvalue weighted by Gasteiger charge is -2.32. The number of aliphatic carboxylic acids is 1. The molecule has 0 bridgehead atoms. The molecule has 2 rings (SSSR count). The molecule has 4 nitrogen and oxygen atoms in total. The lowest BCUT2D eigenvalue weighted by Crippen LogP contribution is -2.48. The van der Waals surface area contributed by atoms with Crippen molar-refractivity contribution in [2.24, 2.45) is 5.73 Å². The van der Waals surface area contributed by atoms with Gasteiger partial charge in [-0.25, -0.2) is 4.79 Å². The predicted octanol–water partition coefficient (Wildman–Crippen LogP) is 1.73. The average Bonchev–Trinajstić information content (AvgIpc) is 2.27. The van der Waals surface area contributed by atoms with E-state index in [2.05, 4.69) is 0 Å². The van der Waals surface area contributed by atoms with Crippen LogP contribution in [0.3, 0.4) is 0 Å². The third-order valence-corrected chi connectivity index (χ3v) is 2.93. The second kappa shape index (κ2) is 3.88. The Balaban J connectivity index is 2.53. The molecule has 3 N–H and O–H groups in total. The monoisotopic (exact) mass is 261 g/mol. The number of halogens is 3. The number of hydrogen-bond donors (Lipinski definition) is 2. The molecule has 1 heterocycles. The molecule has 0 radical (unpaired) electrons. The highest BCUT2D eigenvalue weighted by molar-refractivity contribution is 5.82. The van der Waals surface area contributed by atoms with Crippen LogP contribution in [0.4, 0.5) is 13.2 Å². The van der Waals surface area contributed by atoms with E-state index in [1.807, 2.05) is 0 Å². The first-order valence-electron chi connectivity index (χ1n) is 5.12. The van der Waals surface area contributed by atoms with Gasteiger partial charge in [-0.05, 0) is 12.1 Å². The van der Waals surface area contributed by atoms with Crippen LogP contribution in [0.2, 0.25) is 0 Å². The van der Waals surface area contributed by atoms with Crippen LogP contribution in [-0.4, -0.2) is 17.7 Å². The normalized spacial score (nSPS) is 23.1. The zero-order valence-corrected chi connectivity index (χ0v) is 9.12. The van der Waals surface area contributed by atoms with E-state index in [4.69, 9.17) is 15.6 Å². The first-order chi connectivity index (χ1) is 8.25. The Morgan fingerprint density at radius 3 is 2.67 bits per heavy atom. The minimum absolute atomic E-state index is 0.0146. The molecule has 0 amide bonds. The summed E-state index contributed by atoms with van der Waals surface area (Å²) in [5.74, 6) is -1.41. The van der Waals surface area contributed by atoms with Gasteiger partial charge in [0, 0.05) is 12.0 Å². The molecule has 0 saturated carbocycles. The molecule has 1 atom stereocenters. The molecule has 1 aromatic rings. The van der Waals surface area contributed by atoms with Crippen LogP contribution in [0.25, 0.3) is 0 Å². The van der Waals surface area contributed by atoms with Gasteiger partial charge in [0.1, 0.15) is 11.3 Å². The zero-order valence-electron chi connectivity index (χ0n) is 9.12. The van der Waals surface area contributed by atoms with Gasteiger partial charge in [0.25, 0.3) is 0 Å². The Morgan fingerprint density at radius 1 is 1.44 bits per heavy atom. The van der Waals surface area contributed by atoms with Gasteiger partial charge in [-0.1, -0.05) is 6.07 Å². The summed E-state index contributed by atoms with van der Waals surface area (Å²) in [7, 11) is 0. The van der Waals surface area contributed by atoms with E-state index in [1.54, 1.807) is 0 Å². The minimum Gasteiger partial charge on any atom is -0.493 e. The summed E-state index contributed by atoms with van der Waals surface area (Å²) in [6.07, 6.45) is -4.49. The van der Waals surface area contributed by atoms with Crippen molar-refractivity contribution < 1.29 is 27.8 Å². The van der Waals surface area contributed by atoms with Crippen molar-refractivity contribution in [3.05, 3.63) is 29.3 Å². The fourth-order valence-corrected chi connectivity index (χ4v) is 1.87. The van der Waals surface area contributed by atoms with E-state index in [9.17, 15) is 18.0 Å². The minimum atomic E-state index is -4.50. The second-order valence-corrected chi connectivity index (χ2v) is 4.08. The first-order valence-corrected chi connectivity index (χ1v) is 5.12. The van der Waals surface area contributed by atoms with Crippen molar-refractivity contribution in [2.75, 3.05) is 6.61 Å². The topological polar surface area (TPSA) is 72.6 Å². The van der Waals surface area contributed by atoms with Crippen LogP contribution in [0.5, 0.6) is 5.75 Å². The van der Waals surface area contributed by atoms with Crippen LogP contribution in [-0.2, 0) is 16.5 Å². The molecule has 1 aromatic carbocycles. The summed E-state index contributed by atoms with van der Waals surface area (Å²) < 4.78 is 42.6. The molecule has 7 heteroatoms. The van der Waals surface area contributed by atoms with Crippen molar-refractivity contribution >= 4 is 5.97 Å². The lowest BCUT2D eigenvalue weighted by molar-refractivity contribution is -0.144. The summed E-state index contributed by atoms with van der Waals surface area (Å²) in [5.41, 5.74) is 3.19. The van der Waals surface area contributed by atoms with Crippen molar-refractivity contribution in [3.8, 4) is 5.75 Å². The Kier molecular flexibility index (Phi) is 2.73. The number of hydrogen-bond acceptors (Lipinski definition) is 3. The van der Waals surface area contributed by atoms with Gasteiger partial charge >= 0.3 is 12.1 Å². The number of alkyl halides is 3. The van der Waals surface area contributed by atoms with Gasteiger partial charge in [0.05, 0.1) is 12.2 Å². The number of carbonyl (C=O) groups is 1. The molecule has 0 saturated heterocycles. The van der Waals surface area contributed by atoms with E-state index in [1.165, 1.54) is 0 Å². The Morgan fingerprint density at radius 2 is 2.11 bits per heavy atom. The largest absolute Gasteiger partial charge is 0.493 e. The molecule has 0 fully saturated rings. The fourth-order valence-electron chi connectivity index (χ4n) is 1.87. The summed E-state index contributed by atoms with van der Waals surface area (Å²) in [5, 5.41) is 9.07. The van der Waals surface area contributed by atoms with Crippen LogP contribution in [0.15, 0.2) is 18.2 Å². The molecular weight excluding hydrogens is 251 g/mol. The maximum atomic E-state index is 12.5. The van der Waals surface area contributed by atoms with Crippen molar-refractivity contribution in [3.63, 3.8) is 0 Å². The molecule has 1 unspecified atom stereocenters. The molecule has 18 heavy (non-hydrogen) atoms. The number of ether oxygens (including phenoxy) is 1. The van der Waals surface area contributed by atoms with Gasteiger partial charge in [0.2, 0.25) is 0 Å². The quantitative estimate of drug-likeness (QED) is 0.807. The fraction of sp³-hybridized carbons (Fsp3) is 0.364. The summed E-state index contributed by atoms with van der Waals surface area (Å²) in [6.45, 7) is -0.0306. The molecule has 0 spiro atoms. The van der Waals surface area contributed by atoms with Crippen molar-refractivity contribution in [1.82, 2.24) is 0 Å². The van der Waals surface area contributed by atoms with Crippen LogP contribution >= 0.6 is 0 Å². The average molecular weight is 261 g/mol. The third kappa shape index (κ3) is 1.90. The van der Waals surface area contributed by atoms with E-state index in [0.29, 0.717) is 0 Å². The van der Waals surface area contributed by atoms with Gasteiger partial charge in [-0.15, -0.1) is 0 Å². The zero-order chi connectivity index (χ0) is 13.6. The molecule has 1 aliphatic rings. The smallest absolute Gasteiger partial charge is 0.416 e. The number of carboxylic acids is 1. The maximum Gasteiger partial charge on any atom is 0.416 e. The number of benzene rings is 1. The van der Waals surface area contributed by atoms with Crippen molar-refractivity contribution in [2.45, 2.75) is 18.1 Å². The van der Waals surface area contributed by atoms with E-state index < -0.39 is 23.2 Å². The molecular formula is C11H10F3NO3. The third-order valence-electron chi connectivity index (χ3n) is 2.93. The summed E-state index contributed by atoms with van der Waals surface area (Å²) >= 11 is 0. The molecule has 1 aliphatic heterocycles. The van der Waals surface area contributed by atoms with E-state index in [0.717, 1.165) is 18.2 Å². The maximum absolute atomic E-state index is 12.5. The SMILES string of the molecule is NC1(C(=O)O)CCOc2cc(C(F)(F)F)ccc21. The molecule has 0 aliphatic carbocycles. The predicted molar refractivity (Wildman–Crippen MR) is 55.1 cm³/mol. The highest BCUT2D eigenvalue weighted by atomic mass is 19.4. The van der Waals surface area contributed by atoms with Crippen LogP contribution in [0, 0.1) is 0 Å². The highest BCUT2D eigenvalue weighted by Crippen LogP contribution is 2.39. The van der Waals surface area contributed by atoms with Crippen LogP contribution < -0.4 is 10.5 Å². The van der Waals surface area contributed by atoms with Gasteiger partial charge < -0.3 is 15.6 Å². The Hall–Kier alpha value is -1.76. The lowest BCUT2D eigenvalue weighted by atomic mass is 9.85. The number of fused-ring (bicyclic) bond motifs is 1. The second-order valence-electron chi connectivity index (χ2n) is 4.08. The van der Waals surface area contributed by atoms with E-state index >= 15 is 0 Å². The summed E-state index contributed by atoms with van der Waals surface area (Å²) in [4.78, 5) is 11.1.